The molecule has 18 heavy (non-hydrogen) atoms. The van der Waals surface area contributed by atoms with Gasteiger partial charge in [-0.15, -0.1) is 0 Å². The molecule has 0 fully saturated rings. The van der Waals surface area contributed by atoms with Crippen molar-refractivity contribution in [3.05, 3.63) is 77.8 Å². The van der Waals surface area contributed by atoms with Crippen molar-refractivity contribution in [1.29, 1.82) is 0 Å². The molecular formula is C16H14O2. The predicted molar refractivity (Wildman–Crippen MR) is 72.4 cm³/mol. The molecule has 0 spiro atoms. The zero-order valence-electron chi connectivity index (χ0n) is 10.2. The Morgan fingerprint density at radius 2 is 1.89 bits per heavy atom. The topological polar surface area (TPSA) is 30.2 Å². The molecule has 1 aromatic carbocycles. The monoisotopic (exact) mass is 238 g/mol. The average Bonchev–Trinajstić information content (AvgIpc) is 2.82. The predicted octanol–water partition coefficient (Wildman–Crippen LogP) is 4.04. The van der Waals surface area contributed by atoms with E-state index in [1.807, 2.05) is 49.4 Å². The maximum absolute atomic E-state index is 11.7. The second kappa shape index (κ2) is 5.82. The van der Waals surface area contributed by atoms with Crippen molar-refractivity contribution in [1.82, 2.24) is 0 Å². The number of carbonyl (C=O) groups is 1. The van der Waals surface area contributed by atoms with Gasteiger partial charge in [0, 0.05) is 0 Å². The number of carbonyl (C=O) groups excluding carboxylic acids is 1. The van der Waals surface area contributed by atoms with Crippen LogP contribution in [0.3, 0.4) is 0 Å². The Morgan fingerprint density at radius 1 is 1.11 bits per heavy atom. The van der Waals surface area contributed by atoms with Crippen LogP contribution in [0.1, 0.15) is 21.7 Å². The maximum Gasteiger partial charge on any atom is 0.221 e. The van der Waals surface area contributed by atoms with Crippen molar-refractivity contribution >= 4 is 11.9 Å². The van der Waals surface area contributed by atoms with Gasteiger partial charge in [0.2, 0.25) is 5.78 Å². The molecule has 2 rings (SSSR count). The first-order valence-electron chi connectivity index (χ1n) is 5.75. The number of hydrogen-bond acceptors (Lipinski definition) is 2. The van der Waals surface area contributed by atoms with Gasteiger partial charge in [0.15, 0.2) is 5.76 Å². The molecule has 1 aromatic heterocycles. The largest absolute Gasteiger partial charge is 0.461 e. The summed E-state index contributed by atoms with van der Waals surface area (Å²) in [6.07, 6.45) is 8.53. The van der Waals surface area contributed by atoms with Gasteiger partial charge in [0.25, 0.3) is 0 Å². The van der Waals surface area contributed by atoms with E-state index in [0.717, 1.165) is 11.1 Å². The van der Waals surface area contributed by atoms with Gasteiger partial charge >= 0.3 is 0 Å². The number of ketones is 1. The summed E-state index contributed by atoms with van der Waals surface area (Å²) in [7, 11) is 0. The number of hydrogen-bond donors (Lipinski definition) is 0. The fraction of sp³-hybridized carbons (Fsp3) is 0.0625. The number of aryl methyl sites for hydroxylation is 1. The van der Waals surface area contributed by atoms with Crippen molar-refractivity contribution in [3.63, 3.8) is 0 Å². The quantitative estimate of drug-likeness (QED) is 0.457. The summed E-state index contributed by atoms with van der Waals surface area (Å²) in [6.45, 7) is 1.85. The lowest BCUT2D eigenvalue weighted by atomic mass is 10.2. The zero-order valence-corrected chi connectivity index (χ0v) is 10.2. The van der Waals surface area contributed by atoms with E-state index in [9.17, 15) is 4.79 Å². The normalized spacial score (nSPS) is 11.4. The van der Waals surface area contributed by atoms with Crippen LogP contribution >= 0.6 is 0 Å². The van der Waals surface area contributed by atoms with Crippen LogP contribution in [0.25, 0.3) is 6.08 Å². The molecule has 1 heterocycles. The van der Waals surface area contributed by atoms with Gasteiger partial charge in [-0.25, -0.2) is 0 Å². The van der Waals surface area contributed by atoms with Crippen molar-refractivity contribution in [3.8, 4) is 0 Å². The van der Waals surface area contributed by atoms with Gasteiger partial charge < -0.3 is 4.42 Å². The number of rotatable bonds is 4. The van der Waals surface area contributed by atoms with Crippen LogP contribution in [0.5, 0.6) is 0 Å². The van der Waals surface area contributed by atoms with Gasteiger partial charge in [-0.2, -0.15) is 0 Å². The first-order chi connectivity index (χ1) is 8.77. The molecule has 0 saturated carbocycles. The van der Waals surface area contributed by atoms with Gasteiger partial charge in [-0.1, -0.05) is 48.6 Å². The highest BCUT2D eigenvalue weighted by Gasteiger charge is 2.07. The second-order valence-corrected chi connectivity index (χ2v) is 3.93. The van der Waals surface area contributed by atoms with Crippen molar-refractivity contribution < 1.29 is 9.21 Å². The lowest BCUT2D eigenvalue weighted by Crippen LogP contribution is -1.93. The molecule has 0 atom stereocenters. The molecule has 2 heteroatoms. The highest BCUT2D eigenvalue weighted by molar-refractivity contribution is 6.03. The fourth-order valence-electron chi connectivity index (χ4n) is 1.57. The van der Waals surface area contributed by atoms with E-state index in [-0.39, 0.29) is 5.78 Å². The summed E-state index contributed by atoms with van der Waals surface area (Å²) >= 11 is 0. The van der Waals surface area contributed by atoms with Crippen molar-refractivity contribution in [2.45, 2.75) is 6.92 Å². The lowest BCUT2D eigenvalue weighted by molar-refractivity contribution is 0.102. The molecule has 0 bridgehead atoms. The molecule has 0 aliphatic heterocycles. The molecule has 0 N–H and O–H groups in total. The molecule has 0 radical (unpaired) electrons. The summed E-state index contributed by atoms with van der Waals surface area (Å²) in [6, 6.07) is 11.7. The minimum absolute atomic E-state index is 0.116. The first-order valence-corrected chi connectivity index (χ1v) is 5.75. The number of furan rings is 1. The Bertz CT molecular complexity index is 574. The van der Waals surface area contributed by atoms with E-state index in [1.54, 1.807) is 12.1 Å². The van der Waals surface area contributed by atoms with Gasteiger partial charge in [-0.05, 0) is 30.2 Å². The van der Waals surface area contributed by atoms with Crippen LogP contribution in [-0.2, 0) is 0 Å². The Labute approximate surface area is 106 Å². The fourth-order valence-corrected chi connectivity index (χ4v) is 1.57. The molecule has 0 aliphatic carbocycles. The van der Waals surface area contributed by atoms with Crippen molar-refractivity contribution in [2.24, 2.45) is 0 Å². The molecular weight excluding hydrogens is 224 g/mol. The second-order valence-electron chi connectivity index (χ2n) is 3.93. The average molecular weight is 238 g/mol. The minimum atomic E-state index is -0.116. The SMILES string of the molecule is Cc1ccoc1C(=O)/C=C/C=C/c1ccccc1. The maximum atomic E-state index is 11.7. The standard InChI is InChI=1S/C16H14O2/c1-13-11-12-18-16(13)15(17)10-6-5-9-14-7-3-2-4-8-14/h2-12H,1H3/b9-5+,10-6+. The van der Waals surface area contributed by atoms with E-state index >= 15 is 0 Å². The molecule has 0 unspecified atom stereocenters. The summed E-state index contributed by atoms with van der Waals surface area (Å²) < 4.78 is 5.12. The molecule has 0 saturated heterocycles. The lowest BCUT2D eigenvalue weighted by Gasteiger charge is -1.90. The van der Waals surface area contributed by atoms with E-state index < -0.39 is 0 Å². The van der Waals surface area contributed by atoms with Crippen LogP contribution in [-0.4, -0.2) is 5.78 Å². The molecule has 0 amide bonds. The third-order valence-corrected chi connectivity index (χ3v) is 2.53. The minimum Gasteiger partial charge on any atom is -0.461 e. The van der Waals surface area contributed by atoms with E-state index in [2.05, 4.69) is 0 Å². The van der Waals surface area contributed by atoms with Crippen LogP contribution in [0.2, 0.25) is 0 Å². The smallest absolute Gasteiger partial charge is 0.221 e. The van der Waals surface area contributed by atoms with Crippen molar-refractivity contribution in [2.75, 3.05) is 0 Å². The van der Waals surface area contributed by atoms with Crippen LogP contribution in [0.4, 0.5) is 0 Å². The highest BCUT2D eigenvalue weighted by Crippen LogP contribution is 2.10. The summed E-state index contributed by atoms with van der Waals surface area (Å²) in [4.78, 5) is 11.7. The van der Waals surface area contributed by atoms with Crippen LogP contribution in [0, 0.1) is 6.92 Å². The highest BCUT2D eigenvalue weighted by atomic mass is 16.3. The van der Waals surface area contributed by atoms with Gasteiger partial charge in [-0.3, -0.25) is 4.79 Å². The number of allylic oxidation sites excluding steroid dienone is 3. The summed E-state index contributed by atoms with van der Waals surface area (Å²) in [5, 5.41) is 0. The molecule has 2 nitrogen and oxygen atoms in total. The summed E-state index contributed by atoms with van der Waals surface area (Å²) in [5.74, 6) is 0.287. The third-order valence-electron chi connectivity index (χ3n) is 2.53. The molecule has 0 aliphatic rings. The first kappa shape index (κ1) is 12.1. The Hall–Kier alpha value is -2.35. The number of benzene rings is 1. The van der Waals surface area contributed by atoms with Gasteiger partial charge in [0.1, 0.15) is 0 Å². The van der Waals surface area contributed by atoms with Gasteiger partial charge in [0.05, 0.1) is 6.26 Å². The van der Waals surface area contributed by atoms with Crippen LogP contribution in [0.15, 0.2) is 65.3 Å². The Kier molecular flexibility index (Phi) is 3.92. The molecule has 2 aromatic rings. The molecule has 90 valence electrons. The third kappa shape index (κ3) is 3.08. The van der Waals surface area contributed by atoms with E-state index in [0.29, 0.717) is 5.76 Å². The Morgan fingerprint density at radius 3 is 2.56 bits per heavy atom. The zero-order chi connectivity index (χ0) is 12.8. The summed E-state index contributed by atoms with van der Waals surface area (Å²) in [5.41, 5.74) is 1.96. The van der Waals surface area contributed by atoms with Crippen LogP contribution < -0.4 is 0 Å². The van der Waals surface area contributed by atoms with E-state index in [1.165, 1.54) is 12.3 Å². The van der Waals surface area contributed by atoms with E-state index in [4.69, 9.17) is 4.42 Å². The Balaban J connectivity index is 1.98.